The SMILES string of the molecule is N#Cc1ccc(Oc2nc(C(F)(F)F)cs2)cc1. The van der Waals surface area contributed by atoms with Crippen molar-refractivity contribution in [2.75, 3.05) is 0 Å². The maximum atomic E-state index is 12.3. The van der Waals surface area contributed by atoms with Crippen LogP contribution in [-0.2, 0) is 6.18 Å². The normalized spacial score (nSPS) is 11.0. The topological polar surface area (TPSA) is 45.9 Å². The van der Waals surface area contributed by atoms with Crippen molar-refractivity contribution in [1.82, 2.24) is 4.98 Å². The van der Waals surface area contributed by atoms with Gasteiger partial charge in [-0.3, -0.25) is 0 Å². The molecule has 0 saturated heterocycles. The second kappa shape index (κ2) is 4.66. The molecule has 0 atom stereocenters. The Kier molecular flexibility index (Phi) is 3.21. The summed E-state index contributed by atoms with van der Waals surface area (Å²) < 4.78 is 42.0. The quantitative estimate of drug-likeness (QED) is 0.833. The van der Waals surface area contributed by atoms with E-state index in [0.717, 1.165) is 16.7 Å². The van der Waals surface area contributed by atoms with E-state index in [1.54, 1.807) is 0 Å². The summed E-state index contributed by atoms with van der Waals surface area (Å²) in [6.07, 6.45) is -4.47. The Morgan fingerprint density at radius 2 is 1.89 bits per heavy atom. The van der Waals surface area contributed by atoms with Crippen molar-refractivity contribution in [3.05, 3.63) is 40.9 Å². The molecule has 0 saturated carbocycles. The van der Waals surface area contributed by atoms with Crippen molar-refractivity contribution >= 4 is 11.3 Å². The molecule has 0 N–H and O–H groups in total. The van der Waals surface area contributed by atoms with Gasteiger partial charge in [-0.05, 0) is 24.3 Å². The first-order valence-corrected chi connectivity index (χ1v) is 5.58. The zero-order chi connectivity index (χ0) is 13.2. The van der Waals surface area contributed by atoms with Gasteiger partial charge in [0.15, 0.2) is 5.69 Å². The van der Waals surface area contributed by atoms with Gasteiger partial charge in [0.2, 0.25) is 0 Å². The van der Waals surface area contributed by atoms with Crippen LogP contribution in [0.2, 0.25) is 0 Å². The fraction of sp³-hybridized carbons (Fsp3) is 0.0909. The number of nitrogens with zero attached hydrogens (tertiary/aromatic N) is 2. The molecule has 2 rings (SSSR count). The number of alkyl halides is 3. The van der Waals surface area contributed by atoms with Crippen LogP contribution in [0.25, 0.3) is 0 Å². The van der Waals surface area contributed by atoms with E-state index in [9.17, 15) is 13.2 Å². The average Bonchev–Trinajstić information content (AvgIpc) is 2.78. The molecule has 2 aromatic rings. The minimum atomic E-state index is -4.47. The van der Waals surface area contributed by atoms with E-state index in [0.29, 0.717) is 11.3 Å². The highest BCUT2D eigenvalue weighted by atomic mass is 32.1. The van der Waals surface area contributed by atoms with E-state index in [4.69, 9.17) is 10.00 Å². The van der Waals surface area contributed by atoms with Crippen LogP contribution < -0.4 is 4.74 Å². The lowest BCUT2D eigenvalue weighted by Gasteiger charge is -2.02. The van der Waals surface area contributed by atoms with Crippen molar-refractivity contribution < 1.29 is 17.9 Å². The molecule has 18 heavy (non-hydrogen) atoms. The number of benzene rings is 1. The molecule has 3 nitrogen and oxygen atoms in total. The number of hydrogen-bond donors (Lipinski definition) is 0. The van der Waals surface area contributed by atoms with Crippen molar-refractivity contribution in [1.29, 1.82) is 5.26 Å². The fourth-order valence-electron chi connectivity index (χ4n) is 1.13. The molecule has 0 spiro atoms. The van der Waals surface area contributed by atoms with Crippen LogP contribution in [0.3, 0.4) is 0 Å². The Bertz CT molecular complexity index is 584. The van der Waals surface area contributed by atoms with Gasteiger partial charge in [-0.15, -0.1) is 0 Å². The van der Waals surface area contributed by atoms with Gasteiger partial charge in [0.25, 0.3) is 5.19 Å². The summed E-state index contributed by atoms with van der Waals surface area (Å²) in [4.78, 5) is 3.33. The third kappa shape index (κ3) is 2.78. The van der Waals surface area contributed by atoms with Crippen molar-refractivity contribution in [2.24, 2.45) is 0 Å². The number of hydrogen-bond acceptors (Lipinski definition) is 4. The molecule has 1 aromatic heterocycles. The summed E-state index contributed by atoms with van der Waals surface area (Å²) in [5, 5.41) is 9.38. The van der Waals surface area contributed by atoms with Gasteiger partial charge in [-0.1, -0.05) is 11.3 Å². The summed E-state index contributed by atoms with van der Waals surface area (Å²) >= 11 is 0.763. The Balaban J connectivity index is 2.14. The van der Waals surface area contributed by atoms with Gasteiger partial charge < -0.3 is 4.74 Å². The summed E-state index contributed by atoms with van der Waals surface area (Å²) in [6, 6.07) is 7.93. The van der Waals surface area contributed by atoms with E-state index in [1.165, 1.54) is 24.3 Å². The van der Waals surface area contributed by atoms with Crippen LogP contribution in [0.15, 0.2) is 29.6 Å². The van der Waals surface area contributed by atoms with Gasteiger partial charge in [-0.2, -0.15) is 23.4 Å². The summed E-state index contributed by atoms with van der Waals surface area (Å²) in [5.74, 6) is 0.331. The smallest absolute Gasteiger partial charge is 0.431 e. The first kappa shape index (κ1) is 12.4. The van der Waals surface area contributed by atoms with Gasteiger partial charge in [0, 0.05) is 5.38 Å². The minimum Gasteiger partial charge on any atom is -0.431 e. The minimum absolute atomic E-state index is 0.0907. The number of aromatic nitrogens is 1. The Labute approximate surface area is 104 Å². The highest BCUT2D eigenvalue weighted by Crippen LogP contribution is 2.34. The summed E-state index contributed by atoms with van der Waals surface area (Å²) in [5.41, 5.74) is -0.534. The lowest BCUT2D eigenvalue weighted by molar-refractivity contribution is -0.140. The van der Waals surface area contributed by atoms with Crippen molar-refractivity contribution in [3.63, 3.8) is 0 Å². The Hall–Kier alpha value is -2.07. The maximum Gasteiger partial charge on any atom is 0.434 e. The molecule has 0 radical (unpaired) electrons. The molecule has 0 aliphatic rings. The van der Waals surface area contributed by atoms with E-state index < -0.39 is 11.9 Å². The van der Waals surface area contributed by atoms with Crippen LogP contribution in [0, 0.1) is 11.3 Å². The molecule has 0 amide bonds. The van der Waals surface area contributed by atoms with Crippen molar-refractivity contribution in [3.8, 4) is 17.0 Å². The largest absolute Gasteiger partial charge is 0.434 e. The molecule has 1 aromatic carbocycles. The maximum absolute atomic E-state index is 12.3. The van der Waals surface area contributed by atoms with Crippen LogP contribution >= 0.6 is 11.3 Å². The first-order chi connectivity index (χ1) is 8.49. The first-order valence-electron chi connectivity index (χ1n) is 4.70. The fourth-order valence-corrected chi connectivity index (χ4v) is 1.83. The number of rotatable bonds is 2. The van der Waals surface area contributed by atoms with E-state index >= 15 is 0 Å². The van der Waals surface area contributed by atoms with Gasteiger partial charge in [0.1, 0.15) is 5.75 Å². The average molecular weight is 270 g/mol. The monoisotopic (exact) mass is 270 g/mol. The lowest BCUT2D eigenvalue weighted by Crippen LogP contribution is -2.04. The zero-order valence-electron chi connectivity index (χ0n) is 8.73. The third-order valence-electron chi connectivity index (χ3n) is 1.96. The second-order valence-corrected chi connectivity index (χ2v) is 4.06. The van der Waals surface area contributed by atoms with E-state index in [1.807, 2.05) is 6.07 Å². The van der Waals surface area contributed by atoms with Gasteiger partial charge in [-0.25, -0.2) is 0 Å². The molecular formula is C11H5F3N2OS. The molecule has 1 heterocycles. The standard InChI is InChI=1S/C11H5F3N2OS/c12-11(13,14)9-6-18-10(16-9)17-8-3-1-7(5-15)2-4-8/h1-4,6H. The van der Waals surface area contributed by atoms with E-state index in [2.05, 4.69) is 4.98 Å². The van der Waals surface area contributed by atoms with Crippen LogP contribution in [0.5, 0.6) is 10.9 Å². The Morgan fingerprint density at radius 3 is 2.39 bits per heavy atom. The van der Waals surface area contributed by atoms with Crippen LogP contribution in [0.4, 0.5) is 13.2 Å². The molecule has 0 bridgehead atoms. The third-order valence-corrected chi connectivity index (χ3v) is 2.68. The zero-order valence-corrected chi connectivity index (χ0v) is 9.55. The number of nitriles is 1. The number of halogens is 3. The summed E-state index contributed by atoms with van der Waals surface area (Å²) in [7, 11) is 0. The van der Waals surface area contributed by atoms with E-state index in [-0.39, 0.29) is 5.19 Å². The highest BCUT2D eigenvalue weighted by Gasteiger charge is 2.34. The molecule has 0 aliphatic carbocycles. The van der Waals surface area contributed by atoms with Gasteiger partial charge in [0.05, 0.1) is 11.6 Å². The molecule has 7 heteroatoms. The highest BCUT2D eigenvalue weighted by molar-refractivity contribution is 7.11. The Morgan fingerprint density at radius 1 is 1.22 bits per heavy atom. The number of ether oxygens (including phenoxy) is 1. The molecular weight excluding hydrogens is 265 g/mol. The molecule has 0 fully saturated rings. The number of thiazole rings is 1. The lowest BCUT2D eigenvalue weighted by atomic mass is 10.2. The predicted molar refractivity (Wildman–Crippen MR) is 58.3 cm³/mol. The molecule has 92 valence electrons. The summed E-state index contributed by atoms with van der Waals surface area (Å²) in [6.45, 7) is 0. The predicted octanol–water partition coefficient (Wildman–Crippen LogP) is 3.83. The molecule has 0 unspecified atom stereocenters. The molecule has 0 aliphatic heterocycles. The van der Waals surface area contributed by atoms with Crippen molar-refractivity contribution in [2.45, 2.75) is 6.18 Å². The second-order valence-electron chi connectivity index (χ2n) is 3.23. The van der Waals surface area contributed by atoms with Crippen LogP contribution in [0.1, 0.15) is 11.3 Å². The van der Waals surface area contributed by atoms with Gasteiger partial charge >= 0.3 is 6.18 Å². The van der Waals surface area contributed by atoms with Crippen LogP contribution in [-0.4, -0.2) is 4.98 Å².